The number of nitrogens with zero attached hydrogens (tertiary/aromatic N) is 3. The number of rotatable bonds is 3. The van der Waals surface area contributed by atoms with Crippen LogP contribution < -0.4 is 16.0 Å². The van der Waals surface area contributed by atoms with Gasteiger partial charge in [0.1, 0.15) is 0 Å². The van der Waals surface area contributed by atoms with Crippen LogP contribution in [0.5, 0.6) is 0 Å². The van der Waals surface area contributed by atoms with E-state index in [1.54, 1.807) is 18.2 Å². The summed E-state index contributed by atoms with van der Waals surface area (Å²) < 4.78 is 27.8. The highest BCUT2D eigenvalue weighted by Gasteiger charge is 2.29. The van der Waals surface area contributed by atoms with E-state index in [4.69, 9.17) is 10.7 Å². The molecule has 9 heteroatoms. The van der Waals surface area contributed by atoms with Crippen LogP contribution in [0, 0.1) is 18.4 Å². The Morgan fingerprint density at radius 3 is 2.37 bits per heavy atom. The monoisotopic (exact) mass is 558 g/mol. The number of fused-ring (bicyclic) bond motifs is 2. The number of hydrogen-bond donors (Lipinski definition) is 1. The number of nitrogen functional groups attached to an aromatic ring is 1. The van der Waals surface area contributed by atoms with Gasteiger partial charge in [-0.2, -0.15) is 4.31 Å². The largest absolute Gasteiger partial charge is 0.399 e. The molecule has 2 aliphatic heterocycles. The van der Waals surface area contributed by atoms with E-state index in [2.05, 4.69) is 52.1 Å². The number of anilines is 2. The first kappa shape index (κ1) is 22.0. The molecule has 2 heterocycles. The van der Waals surface area contributed by atoms with Gasteiger partial charge >= 0.3 is 0 Å². The molecule has 2 aromatic rings. The van der Waals surface area contributed by atoms with Gasteiger partial charge < -0.3 is 10.6 Å². The zero-order valence-corrected chi connectivity index (χ0v) is 21.4. The molecule has 0 amide bonds. The second-order valence-corrected chi connectivity index (χ2v) is 14.7. The van der Waals surface area contributed by atoms with Gasteiger partial charge in [-0.25, -0.2) is 13.4 Å². The van der Waals surface area contributed by atoms with Crippen LogP contribution >= 0.6 is 28.9 Å². The fourth-order valence-electron chi connectivity index (χ4n) is 3.97. The van der Waals surface area contributed by atoms with Crippen molar-refractivity contribution >= 4 is 55.9 Å². The third-order valence-corrected chi connectivity index (χ3v) is 12.2. The summed E-state index contributed by atoms with van der Waals surface area (Å²) >= 11 is 2.50. The zero-order valence-electron chi connectivity index (χ0n) is 17.6. The minimum absolute atomic E-state index is 0.150. The van der Waals surface area contributed by atoms with Crippen LogP contribution in [0.1, 0.15) is 25.0 Å². The lowest BCUT2D eigenvalue weighted by atomic mass is 10.1. The minimum Gasteiger partial charge on any atom is -0.399 e. The maximum atomic E-state index is 12.5. The second kappa shape index (κ2) is 8.07. The Balaban J connectivity index is 1.71. The molecule has 6 nitrogen and oxygen atoms in total. The number of benzene rings is 2. The second-order valence-electron chi connectivity index (χ2n) is 8.14. The Bertz CT molecular complexity index is 1250. The number of piperazine rings is 1. The molecule has 2 aromatic carbocycles. The maximum Gasteiger partial charge on any atom is 0.216 e. The average Bonchev–Trinajstić information content (AvgIpc) is 2.69. The molecule has 0 aliphatic carbocycles. The number of nitrogens with two attached hydrogens (primary N) is 1. The summed E-state index contributed by atoms with van der Waals surface area (Å²) in [5, 5.41) is 0.673. The maximum absolute atomic E-state index is 12.5. The van der Waals surface area contributed by atoms with Gasteiger partial charge in [-0.1, -0.05) is 7.66 Å². The molecule has 2 aliphatic rings. The molecule has 2 N–H and O–H groups in total. The SMILES string of the molecule is Cc1cc(N)cc2c1N=c1c(C)cc(N3CCN(S(=O)(=O)C(C)C)CC3)cc1=S2I. The van der Waals surface area contributed by atoms with Gasteiger partial charge in [0.15, 0.2) is 0 Å². The topological polar surface area (TPSA) is 79.0 Å². The zero-order chi connectivity index (χ0) is 21.8. The number of sulfonamides is 1. The fourth-order valence-corrected chi connectivity index (χ4v) is 8.71. The highest BCUT2D eigenvalue weighted by atomic mass is 127. The molecule has 0 radical (unpaired) electrons. The molecule has 0 spiro atoms. The average molecular weight is 559 g/mol. The molecule has 30 heavy (non-hydrogen) atoms. The normalized spacial score (nSPS) is 19.4. The van der Waals surface area contributed by atoms with Gasteiger partial charge in [0, 0.05) is 47.0 Å². The molecular weight excluding hydrogens is 531 g/mol. The highest BCUT2D eigenvalue weighted by Crippen LogP contribution is 2.47. The summed E-state index contributed by atoms with van der Waals surface area (Å²) in [5.41, 5.74) is 11.3. The summed E-state index contributed by atoms with van der Waals surface area (Å²) in [6, 6.07) is 8.44. The summed E-state index contributed by atoms with van der Waals surface area (Å²) in [6.45, 7) is 10.1. The smallest absolute Gasteiger partial charge is 0.216 e. The Morgan fingerprint density at radius 1 is 1.07 bits per heavy atom. The Kier molecular flexibility index (Phi) is 5.93. The van der Waals surface area contributed by atoms with E-state index < -0.39 is 10.0 Å². The van der Waals surface area contributed by atoms with E-state index in [1.165, 1.54) is 9.41 Å². The predicted molar refractivity (Wildman–Crippen MR) is 134 cm³/mol. The number of halogens is 1. The van der Waals surface area contributed by atoms with Gasteiger partial charge in [0.2, 0.25) is 10.0 Å². The lowest BCUT2D eigenvalue weighted by Crippen LogP contribution is -2.50. The molecule has 162 valence electrons. The van der Waals surface area contributed by atoms with Crippen molar-refractivity contribution in [3.63, 3.8) is 0 Å². The summed E-state index contributed by atoms with van der Waals surface area (Å²) in [6.07, 6.45) is 0. The van der Waals surface area contributed by atoms with E-state index in [0.717, 1.165) is 33.5 Å². The lowest BCUT2D eigenvalue weighted by molar-refractivity contribution is 0.381. The van der Waals surface area contributed by atoms with Crippen molar-refractivity contribution in [2.24, 2.45) is 4.99 Å². The van der Waals surface area contributed by atoms with Crippen LogP contribution in [0.25, 0.3) is 0 Å². The first-order valence-electron chi connectivity index (χ1n) is 10.0. The van der Waals surface area contributed by atoms with Crippen LogP contribution in [-0.4, -0.2) is 44.2 Å². The summed E-state index contributed by atoms with van der Waals surface area (Å²) in [7, 11) is -3.35. The van der Waals surface area contributed by atoms with Crippen LogP contribution in [0.3, 0.4) is 0 Å². The molecule has 1 fully saturated rings. The third-order valence-electron chi connectivity index (χ3n) is 5.71. The molecule has 0 aromatic heterocycles. The first-order valence-corrected chi connectivity index (χ1v) is 15.3. The molecule has 0 saturated carbocycles. The fraction of sp³-hybridized carbons (Fsp3) is 0.429. The Labute approximate surface area is 192 Å². The highest BCUT2D eigenvalue weighted by molar-refractivity contribution is 14.2. The summed E-state index contributed by atoms with van der Waals surface area (Å²) in [5.74, 6) is 0. The van der Waals surface area contributed by atoms with Crippen molar-refractivity contribution in [2.75, 3.05) is 36.8 Å². The van der Waals surface area contributed by atoms with Gasteiger partial charge in [-0.3, -0.25) is 0 Å². The Hall–Kier alpha value is -1.17. The lowest BCUT2D eigenvalue weighted by Gasteiger charge is -2.36. The molecule has 1 saturated heterocycles. The van der Waals surface area contributed by atoms with Crippen LogP contribution in [-0.2, 0) is 10.0 Å². The van der Waals surface area contributed by atoms with Crippen molar-refractivity contribution in [3.8, 4) is 0 Å². The van der Waals surface area contributed by atoms with E-state index in [0.29, 0.717) is 26.2 Å². The van der Waals surface area contributed by atoms with E-state index in [-0.39, 0.29) is 12.9 Å². The van der Waals surface area contributed by atoms with Crippen LogP contribution in [0.4, 0.5) is 17.1 Å². The quantitative estimate of drug-likeness (QED) is 0.352. The molecule has 4 rings (SSSR count). The van der Waals surface area contributed by atoms with Gasteiger partial charge in [0.05, 0.1) is 16.3 Å². The van der Waals surface area contributed by atoms with Gasteiger partial charge in [0.25, 0.3) is 0 Å². The van der Waals surface area contributed by atoms with Crippen LogP contribution in [0.2, 0.25) is 0 Å². The first-order chi connectivity index (χ1) is 14.1. The predicted octanol–water partition coefficient (Wildman–Crippen LogP) is 3.94. The molecule has 1 atom stereocenters. The van der Waals surface area contributed by atoms with Gasteiger partial charge in [-0.15, -0.1) is 0 Å². The third kappa shape index (κ3) is 3.78. The molecular formula is C21H27IN4O2S2. The van der Waals surface area contributed by atoms with Crippen molar-refractivity contribution < 1.29 is 8.42 Å². The van der Waals surface area contributed by atoms with E-state index >= 15 is 0 Å². The van der Waals surface area contributed by atoms with Crippen molar-refractivity contribution in [1.29, 1.82) is 0 Å². The Morgan fingerprint density at radius 2 is 1.73 bits per heavy atom. The van der Waals surface area contributed by atoms with E-state index in [9.17, 15) is 8.42 Å². The van der Waals surface area contributed by atoms with Crippen molar-refractivity contribution in [3.05, 3.63) is 45.3 Å². The number of hydrogen-bond acceptors (Lipinski definition) is 5. The van der Waals surface area contributed by atoms with Crippen molar-refractivity contribution in [1.82, 2.24) is 4.31 Å². The minimum atomic E-state index is -3.20. The summed E-state index contributed by atoms with van der Waals surface area (Å²) in [4.78, 5) is 8.46. The van der Waals surface area contributed by atoms with Crippen molar-refractivity contribution in [2.45, 2.75) is 37.8 Å². The molecule has 1 unspecified atom stereocenters. The molecule has 0 bridgehead atoms. The van der Waals surface area contributed by atoms with E-state index in [1.807, 2.05) is 12.1 Å². The van der Waals surface area contributed by atoms with Crippen LogP contribution in [0.15, 0.2) is 34.2 Å². The standard InChI is InChI=1S/C21H27IN4O2S2/c1-13(2)30(27,28)26-7-5-25(6-8-26)17-10-15(4)21-19(12-17)29(22)18-11-16(23)9-14(3)20(18)24-21/h9-13H,5-8,23H2,1-4H3. The number of aryl methyl sites for hydroxylation is 2. The van der Waals surface area contributed by atoms with Gasteiger partial charge in [-0.05, 0) is 84.3 Å².